The van der Waals surface area contributed by atoms with Gasteiger partial charge in [0.15, 0.2) is 0 Å². The summed E-state index contributed by atoms with van der Waals surface area (Å²) in [6.45, 7) is 12.2. The average molecular weight is 234 g/mol. The van der Waals surface area contributed by atoms with Crippen LogP contribution in [0.15, 0.2) is 12.7 Å². The van der Waals surface area contributed by atoms with Crippen LogP contribution in [0.5, 0.6) is 11.5 Å². The highest BCUT2D eigenvalue weighted by molar-refractivity contribution is 5.59. The van der Waals surface area contributed by atoms with Gasteiger partial charge in [-0.05, 0) is 37.5 Å². The van der Waals surface area contributed by atoms with E-state index in [1.54, 1.807) is 14.2 Å². The summed E-state index contributed by atoms with van der Waals surface area (Å²) in [7, 11) is 3.43. The Balaban J connectivity index is 3.66. The number of allylic oxidation sites excluding steroid dienone is 1. The molecule has 2 heteroatoms. The van der Waals surface area contributed by atoms with Gasteiger partial charge in [-0.3, -0.25) is 0 Å². The van der Waals surface area contributed by atoms with Crippen molar-refractivity contribution in [3.63, 3.8) is 0 Å². The lowest BCUT2D eigenvalue weighted by Gasteiger charge is -2.22. The highest BCUT2D eigenvalue weighted by Gasteiger charge is 2.20. The smallest absolute Gasteiger partial charge is 0.126 e. The molecule has 1 atom stereocenters. The molecule has 0 saturated carbocycles. The van der Waals surface area contributed by atoms with Crippen LogP contribution in [0.1, 0.15) is 35.1 Å². The fraction of sp³-hybridized carbons (Fsp3) is 0.467. The normalized spacial score (nSPS) is 12.1. The number of methoxy groups -OCH3 is 2. The molecule has 0 aliphatic rings. The van der Waals surface area contributed by atoms with Crippen molar-refractivity contribution >= 4 is 0 Å². The number of hydrogen-bond acceptors (Lipinski definition) is 2. The second-order valence-electron chi connectivity index (χ2n) is 4.38. The molecule has 0 aromatic heterocycles. The predicted molar refractivity (Wildman–Crippen MR) is 72.4 cm³/mol. The molecule has 17 heavy (non-hydrogen) atoms. The second kappa shape index (κ2) is 5.26. The van der Waals surface area contributed by atoms with Crippen molar-refractivity contribution in [1.29, 1.82) is 0 Å². The minimum atomic E-state index is 0.248. The molecular formula is C15H22O2. The molecule has 2 nitrogen and oxygen atoms in total. The third kappa shape index (κ3) is 2.17. The summed E-state index contributed by atoms with van der Waals surface area (Å²) in [5, 5.41) is 0. The van der Waals surface area contributed by atoms with E-state index in [-0.39, 0.29) is 5.92 Å². The Morgan fingerprint density at radius 3 is 1.82 bits per heavy atom. The second-order valence-corrected chi connectivity index (χ2v) is 4.38. The van der Waals surface area contributed by atoms with Gasteiger partial charge in [0.05, 0.1) is 14.2 Å². The van der Waals surface area contributed by atoms with E-state index < -0.39 is 0 Å². The first-order chi connectivity index (χ1) is 7.99. The lowest BCUT2D eigenvalue weighted by Crippen LogP contribution is -2.05. The first-order valence-corrected chi connectivity index (χ1v) is 5.83. The minimum absolute atomic E-state index is 0.248. The maximum atomic E-state index is 5.56. The zero-order valence-corrected chi connectivity index (χ0v) is 11.7. The molecule has 0 N–H and O–H groups in total. The summed E-state index contributed by atoms with van der Waals surface area (Å²) in [6, 6.07) is 0. The van der Waals surface area contributed by atoms with Gasteiger partial charge in [-0.15, -0.1) is 6.58 Å². The standard InChI is InChI=1S/C15H22O2/c1-8-9(2)13-12(5)14(16-6)10(3)11(4)15(13)17-7/h8-9H,1H2,2-7H3/t9-/m0/s1. The van der Waals surface area contributed by atoms with Gasteiger partial charge >= 0.3 is 0 Å². The molecule has 94 valence electrons. The number of hydrogen-bond donors (Lipinski definition) is 0. The van der Waals surface area contributed by atoms with Crippen LogP contribution in [-0.4, -0.2) is 14.2 Å². The quantitative estimate of drug-likeness (QED) is 0.735. The lowest BCUT2D eigenvalue weighted by molar-refractivity contribution is 0.390. The molecule has 1 aromatic carbocycles. The summed E-state index contributed by atoms with van der Waals surface area (Å²) >= 11 is 0. The highest BCUT2D eigenvalue weighted by Crippen LogP contribution is 2.41. The first-order valence-electron chi connectivity index (χ1n) is 5.83. The van der Waals surface area contributed by atoms with Gasteiger partial charge in [0.25, 0.3) is 0 Å². The van der Waals surface area contributed by atoms with Gasteiger partial charge in [0.2, 0.25) is 0 Å². The molecule has 1 aromatic rings. The van der Waals surface area contributed by atoms with Crippen molar-refractivity contribution in [1.82, 2.24) is 0 Å². The molecule has 0 aliphatic carbocycles. The summed E-state index contributed by atoms with van der Waals surface area (Å²) in [5.74, 6) is 2.15. The third-order valence-electron chi connectivity index (χ3n) is 3.45. The molecule has 0 spiro atoms. The van der Waals surface area contributed by atoms with Crippen LogP contribution in [-0.2, 0) is 0 Å². The largest absolute Gasteiger partial charge is 0.496 e. The van der Waals surface area contributed by atoms with Gasteiger partial charge in [-0.2, -0.15) is 0 Å². The van der Waals surface area contributed by atoms with Crippen molar-refractivity contribution in [2.24, 2.45) is 0 Å². The van der Waals surface area contributed by atoms with Gasteiger partial charge in [0, 0.05) is 11.5 Å². The zero-order valence-electron chi connectivity index (χ0n) is 11.7. The summed E-state index contributed by atoms with van der Waals surface area (Å²) in [4.78, 5) is 0. The van der Waals surface area contributed by atoms with Crippen LogP contribution in [0.4, 0.5) is 0 Å². The van der Waals surface area contributed by atoms with Gasteiger partial charge in [-0.1, -0.05) is 13.0 Å². The molecule has 0 amide bonds. The van der Waals surface area contributed by atoms with E-state index in [0.717, 1.165) is 28.2 Å². The number of ether oxygens (including phenoxy) is 2. The summed E-state index contributed by atoms with van der Waals surface area (Å²) in [6.07, 6.45) is 1.93. The maximum absolute atomic E-state index is 5.56. The fourth-order valence-electron chi connectivity index (χ4n) is 2.35. The van der Waals surface area contributed by atoms with Crippen LogP contribution in [0, 0.1) is 20.8 Å². The van der Waals surface area contributed by atoms with Crippen LogP contribution in [0.2, 0.25) is 0 Å². The minimum Gasteiger partial charge on any atom is -0.496 e. The molecule has 0 unspecified atom stereocenters. The molecule has 0 aliphatic heterocycles. The predicted octanol–water partition coefficient (Wildman–Crippen LogP) is 3.92. The molecule has 0 fully saturated rings. The summed E-state index contributed by atoms with van der Waals surface area (Å²) in [5.41, 5.74) is 4.59. The Bertz CT molecular complexity index is 433. The van der Waals surface area contributed by atoms with Crippen molar-refractivity contribution < 1.29 is 9.47 Å². The first kappa shape index (κ1) is 13.6. The fourth-order valence-corrected chi connectivity index (χ4v) is 2.35. The zero-order chi connectivity index (χ0) is 13.2. The van der Waals surface area contributed by atoms with Crippen molar-refractivity contribution in [2.75, 3.05) is 14.2 Å². The SMILES string of the molecule is C=C[C@H](C)c1c(C)c(OC)c(C)c(C)c1OC. The topological polar surface area (TPSA) is 18.5 Å². The molecule has 1 rings (SSSR count). The molecule has 0 radical (unpaired) electrons. The Hall–Kier alpha value is -1.44. The van der Waals surface area contributed by atoms with Crippen molar-refractivity contribution in [3.8, 4) is 11.5 Å². The van der Waals surface area contributed by atoms with Gasteiger partial charge in [0.1, 0.15) is 11.5 Å². The lowest BCUT2D eigenvalue weighted by atomic mass is 9.90. The van der Waals surface area contributed by atoms with Crippen molar-refractivity contribution in [2.45, 2.75) is 33.6 Å². The van der Waals surface area contributed by atoms with E-state index in [0.29, 0.717) is 0 Å². The van der Waals surface area contributed by atoms with E-state index in [1.807, 2.05) is 6.08 Å². The molecule has 0 heterocycles. The monoisotopic (exact) mass is 234 g/mol. The third-order valence-corrected chi connectivity index (χ3v) is 3.45. The molecule has 0 bridgehead atoms. The van der Waals surface area contributed by atoms with Crippen LogP contribution in [0.25, 0.3) is 0 Å². The van der Waals surface area contributed by atoms with Crippen LogP contribution in [0.3, 0.4) is 0 Å². The van der Waals surface area contributed by atoms with Crippen LogP contribution < -0.4 is 9.47 Å². The van der Waals surface area contributed by atoms with E-state index in [1.165, 1.54) is 5.56 Å². The Morgan fingerprint density at radius 2 is 1.41 bits per heavy atom. The van der Waals surface area contributed by atoms with E-state index in [2.05, 4.69) is 34.3 Å². The maximum Gasteiger partial charge on any atom is 0.126 e. The molecule has 0 saturated heterocycles. The Labute approximate surface area is 104 Å². The Kier molecular flexibility index (Phi) is 4.22. The highest BCUT2D eigenvalue weighted by atomic mass is 16.5. The number of benzene rings is 1. The molecular weight excluding hydrogens is 212 g/mol. The van der Waals surface area contributed by atoms with E-state index >= 15 is 0 Å². The van der Waals surface area contributed by atoms with E-state index in [4.69, 9.17) is 9.47 Å². The van der Waals surface area contributed by atoms with E-state index in [9.17, 15) is 0 Å². The van der Waals surface area contributed by atoms with Crippen molar-refractivity contribution in [3.05, 3.63) is 34.9 Å². The van der Waals surface area contributed by atoms with Gasteiger partial charge < -0.3 is 9.47 Å². The Morgan fingerprint density at radius 1 is 0.941 bits per heavy atom. The number of rotatable bonds is 4. The average Bonchev–Trinajstić information content (AvgIpc) is 2.33. The van der Waals surface area contributed by atoms with Crippen LogP contribution >= 0.6 is 0 Å². The van der Waals surface area contributed by atoms with Gasteiger partial charge in [-0.25, -0.2) is 0 Å². The summed E-state index contributed by atoms with van der Waals surface area (Å²) < 4.78 is 11.1.